The quantitative estimate of drug-likeness (QED) is 0.896. The van der Waals surface area contributed by atoms with E-state index in [9.17, 15) is 5.11 Å². The van der Waals surface area contributed by atoms with Gasteiger partial charge in [-0.3, -0.25) is 9.80 Å². The van der Waals surface area contributed by atoms with Gasteiger partial charge < -0.3 is 5.11 Å². The Hall–Kier alpha value is -0.900. The third kappa shape index (κ3) is 3.16. The summed E-state index contributed by atoms with van der Waals surface area (Å²) in [4.78, 5) is 4.87. The maximum atomic E-state index is 10.4. The Morgan fingerprint density at radius 2 is 1.79 bits per heavy atom. The predicted molar refractivity (Wildman–Crippen MR) is 76.9 cm³/mol. The van der Waals surface area contributed by atoms with Crippen LogP contribution in [0.3, 0.4) is 0 Å². The summed E-state index contributed by atoms with van der Waals surface area (Å²) in [6.07, 6.45) is 3.53. The first kappa shape index (κ1) is 13.1. The van der Waals surface area contributed by atoms with Crippen LogP contribution >= 0.6 is 0 Å². The Morgan fingerprint density at radius 3 is 2.47 bits per heavy atom. The molecular weight excluding hydrogens is 236 g/mol. The Kier molecular flexibility index (Phi) is 4.16. The second-order valence-corrected chi connectivity index (χ2v) is 5.89. The predicted octanol–water partition coefficient (Wildman–Crippen LogP) is 1.72. The van der Waals surface area contributed by atoms with Crippen molar-refractivity contribution in [2.75, 3.05) is 26.2 Å². The molecule has 19 heavy (non-hydrogen) atoms. The molecule has 0 unspecified atom stereocenters. The number of aliphatic hydroxyl groups is 1. The van der Waals surface area contributed by atoms with Gasteiger partial charge in [0.25, 0.3) is 0 Å². The summed E-state index contributed by atoms with van der Waals surface area (Å²) < 4.78 is 0. The molecule has 104 valence electrons. The maximum absolute atomic E-state index is 10.4. The molecule has 2 heterocycles. The van der Waals surface area contributed by atoms with E-state index < -0.39 is 0 Å². The monoisotopic (exact) mass is 260 g/mol. The standard InChI is InChI=1S/C16H24N2O/c19-16-13-17(12-14-6-2-1-3-7-14)11-8-15(16)18-9-4-5-10-18/h1-3,6-7,15-16,19H,4-5,8-13H2/t15-,16-/m0/s1. The molecule has 0 amide bonds. The molecule has 0 radical (unpaired) electrons. The highest BCUT2D eigenvalue weighted by Crippen LogP contribution is 2.22. The number of β-amino-alcohol motifs (C(OH)–C–C–N with tert-alkyl or cyclic N) is 1. The lowest BCUT2D eigenvalue weighted by atomic mass is 10.00. The van der Waals surface area contributed by atoms with Crippen LogP contribution in [0.2, 0.25) is 0 Å². The molecule has 3 heteroatoms. The molecule has 0 aromatic heterocycles. The molecule has 0 aliphatic carbocycles. The fourth-order valence-electron chi connectivity index (χ4n) is 3.47. The van der Waals surface area contributed by atoms with Gasteiger partial charge in [0, 0.05) is 25.7 Å². The molecule has 2 atom stereocenters. The average Bonchev–Trinajstić information content (AvgIpc) is 2.94. The Morgan fingerprint density at radius 1 is 1.05 bits per heavy atom. The highest BCUT2D eigenvalue weighted by molar-refractivity contribution is 5.14. The Balaban J connectivity index is 1.55. The highest BCUT2D eigenvalue weighted by atomic mass is 16.3. The SMILES string of the molecule is O[C@H]1CN(Cc2ccccc2)CC[C@@H]1N1CCCC1. The van der Waals surface area contributed by atoms with E-state index in [2.05, 4.69) is 40.1 Å². The van der Waals surface area contributed by atoms with Crippen LogP contribution in [0.25, 0.3) is 0 Å². The van der Waals surface area contributed by atoms with Crippen LogP contribution in [-0.2, 0) is 6.54 Å². The van der Waals surface area contributed by atoms with Crippen LogP contribution in [0.1, 0.15) is 24.8 Å². The first-order chi connectivity index (χ1) is 9.33. The number of likely N-dealkylation sites (tertiary alicyclic amines) is 2. The molecule has 1 aromatic carbocycles. The topological polar surface area (TPSA) is 26.7 Å². The van der Waals surface area contributed by atoms with Crippen molar-refractivity contribution < 1.29 is 5.11 Å². The van der Waals surface area contributed by atoms with Crippen LogP contribution in [0.4, 0.5) is 0 Å². The lowest BCUT2D eigenvalue weighted by Gasteiger charge is -2.40. The average molecular weight is 260 g/mol. The van der Waals surface area contributed by atoms with Crippen molar-refractivity contribution in [3.05, 3.63) is 35.9 Å². The summed E-state index contributed by atoms with van der Waals surface area (Å²) in [6.45, 7) is 5.24. The van der Waals surface area contributed by atoms with E-state index in [1.54, 1.807) is 0 Å². The number of aliphatic hydroxyl groups excluding tert-OH is 1. The van der Waals surface area contributed by atoms with Gasteiger partial charge in [0.1, 0.15) is 0 Å². The van der Waals surface area contributed by atoms with Crippen molar-refractivity contribution >= 4 is 0 Å². The van der Waals surface area contributed by atoms with Crippen LogP contribution in [0.5, 0.6) is 0 Å². The minimum absolute atomic E-state index is 0.185. The molecule has 2 aliphatic rings. The largest absolute Gasteiger partial charge is 0.390 e. The maximum Gasteiger partial charge on any atom is 0.0822 e. The molecule has 0 spiro atoms. The number of hydrogen-bond donors (Lipinski definition) is 1. The second-order valence-electron chi connectivity index (χ2n) is 5.89. The van der Waals surface area contributed by atoms with Crippen molar-refractivity contribution in [2.45, 2.75) is 38.0 Å². The summed E-state index contributed by atoms with van der Waals surface area (Å²) in [6, 6.07) is 11.0. The van der Waals surface area contributed by atoms with Gasteiger partial charge in [0.2, 0.25) is 0 Å². The number of hydrogen-bond acceptors (Lipinski definition) is 3. The van der Waals surface area contributed by atoms with Gasteiger partial charge in [-0.25, -0.2) is 0 Å². The smallest absolute Gasteiger partial charge is 0.0822 e. The minimum Gasteiger partial charge on any atom is -0.390 e. The van der Waals surface area contributed by atoms with Gasteiger partial charge in [0.05, 0.1) is 6.10 Å². The molecule has 2 saturated heterocycles. The zero-order valence-corrected chi connectivity index (χ0v) is 11.5. The van der Waals surface area contributed by atoms with Crippen LogP contribution < -0.4 is 0 Å². The molecule has 2 fully saturated rings. The minimum atomic E-state index is -0.185. The van der Waals surface area contributed by atoms with Gasteiger partial charge >= 0.3 is 0 Å². The van der Waals surface area contributed by atoms with E-state index in [-0.39, 0.29) is 6.10 Å². The van der Waals surface area contributed by atoms with E-state index in [0.29, 0.717) is 6.04 Å². The Labute approximate surface area is 115 Å². The number of nitrogens with zero attached hydrogens (tertiary/aromatic N) is 2. The van der Waals surface area contributed by atoms with Crippen LogP contribution in [0, 0.1) is 0 Å². The van der Waals surface area contributed by atoms with Crippen LogP contribution in [0.15, 0.2) is 30.3 Å². The van der Waals surface area contributed by atoms with Crippen molar-refractivity contribution in [1.82, 2.24) is 9.80 Å². The summed E-state index contributed by atoms with van der Waals surface area (Å²) in [7, 11) is 0. The molecule has 1 aromatic rings. The normalized spacial score (nSPS) is 29.7. The lowest BCUT2D eigenvalue weighted by molar-refractivity contribution is -0.00739. The zero-order valence-electron chi connectivity index (χ0n) is 11.5. The first-order valence-electron chi connectivity index (χ1n) is 7.51. The van der Waals surface area contributed by atoms with Crippen LogP contribution in [-0.4, -0.2) is 53.2 Å². The van der Waals surface area contributed by atoms with E-state index in [1.807, 2.05) is 0 Å². The number of rotatable bonds is 3. The molecular formula is C16H24N2O. The van der Waals surface area contributed by atoms with Gasteiger partial charge in [0.15, 0.2) is 0 Å². The van der Waals surface area contributed by atoms with E-state index in [0.717, 1.165) is 26.1 Å². The summed E-state index contributed by atoms with van der Waals surface area (Å²) in [5.41, 5.74) is 1.34. The molecule has 0 bridgehead atoms. The third-order valence-electron chi connectivity index (χ3n) is 4.49. The van der Waals surface area contributed by atoms with Gasteiger partial charge in [-0.05, 0) is 37.9 Å². The van der Waals surface area contributed by atoms with Gasteiger partial charge in [-0.2, -0.15) is 0 Å². The number of benzene rings is 1. The van der Waals surface area contributed by atoms with E-state index >= 15 is 0 Å². The van der Waals surface area contributed by atoms with Crippen molar-refractivity contribution in [2.24, 2.45) is 0 Å². The van der Waals surface area contributed by atoms with Gasteiger partial charge in [-0.15, -0.1) is 0 Å². The summed E-state index contributed by atoms with van der Waals surface area (Å²) >= 11 is 0. The number of piperidine rings is 1. The highest BCUT2D eigenvalue weighted by Gasteiger charge is 2.32. The summed E-state index contributed by atoms with van der Waals surface area (Å²) in [5, 5.41) is 10.4. The second kappa shape index (κ2) is 6.04. The molecule has 3 nitrogen and oxygen atoms in total. The summed E-state index contributed by atoms with van der Waals surface area (Å²) in [5.74, 6) is 0. The fraction of sp³-hybridized carbons (Fsp3) is 0.625. The van der Waals surface area contributed by atoms with Gasteiger partial charge in [-0.1, -0.05) is 30.3 Å². The zero-order chi connectivity index (χ0) is 13.1. The van der Waals surface area contributed by atoms with Crippen molar-refractivity contribution in [1.29, 1.82) is 0 Å². The molecule has 1 N–H and O–H groups in total. The Bertz CT molecular complexity index is 389. The lowest BCUT2D eigenvalue weighted by Crippen LogP contribution is -2.53. The molecule has 0 saturated carbocycles. The van der Waals surface area contributed by atoms with Crippen molar-refractivity contribution in [3.63, 3.8) is 0 Å². The van der Waals surface area contributed by atoms with E-state index in [1.165, 1.54) is 31.5 Å². The third-order valence-corrected chi connectivity index (χ3v) is 4.49. The van der Waals surface area contributed by atoms with E-state index in [4.69, 9.17) is 0 Å². The van der Waals surface area contributed by atoms with Crippen molar-refractivity contribution in [3.8, 4) is 0 Å². The molecule has 3 rings (SSSR count). The molecule has 2 aliphatic heterocycles. The fourth-order valence-corrected chi connectivity index (χ4v) is 3.47. The first-order valence-corrected chi connectivity index (χ1v) is 7.51.